The molecule has 0 saturated carbocycles. The molecule has 3 rings (SSSR count). The summed E-state index contributed by atoms with van der Waals surface area (Å²) in [7, 11) is 0. The van der Waals surface area contributed by atoms with Crippen molar-refractivity contribution in [1.29, 1.82) is 0 Å². The molecule has 0 aliphatic carbocycles. The molecule has 1 amide bonds. The minimum absolute atomic E-state index is 0.0841. The lowest BCUT2D eigenvalue weighted by molar-refractivity contribution is 0.0589. The number of hydrogen-bond donors (Lipinski definition) is 1. The van der Waals surface area contributed by atoms with Gasteiger partial charge in [0, 0.05) is 44.8 Å². The summed E-state index contributed by atoms with van der Waals surface area (Å²) in [6.45, 7) is 7.60. The minimum Gasteiger partial charge on any atom is -0.455 e. The molecule has 28 heavy (non-hydrogen) atoms. The first-order chi connectivity index (χ1) is 13.4. The van der Waals surface area contributed by atoms with E-state index in [1.807, 2.05) is 4.90 Å². The normalized spacial score (nSPS) is 15.1. The number of nitrogens with zero attached hydrogens (tertiary/aromatic N) is 3. The van der Waals surface area contributed by atoms with Gasteiger partial charge in [-0.15, -0.1) is 0 Å². The van der Waals surface area contributed by atoms with Crippen molar-refractivity contribution < 1.29 is 9.53 Å². The first-order valence-electron chi connectivity index (χ1n) is 9.25. The molecule has 6 nitrogen and oxygen atoms in total. The van der Waals surface area contributed by atoms with Gasteiger partial charge in [0.25, 0.3) is 5.91 Å². The molecule has 1 aliphatic rings. The molecule has 1 aliphatic heterocycles. The number of halogens is 2. The number of rotatable bonds is 5. The summed E-state index contributed by atoms with van der Waals surface area (Å²) in [6, 6.07) is 8.86. The molecule has 2 aromatic rings. The van der Waals surface area contributed by atoms with Crippen LogP contribution in [0.25, 0.3) is 0 Å². The molecule has 1 saturated heterocycles. The predicted octanol–water partition coefficient (Wildman–Crippen LogP) is 3.81. The lowest BCUT2D eigenvalue weighted by Crippen LogP contribution is -2.50. The van der Waals surface area contributed by atoms with Gasteiger partial charge in [0.2, 0.25) is 0 Å². The summed E-state index contributed by atoms with van der Waals surface area (Å²) in [5.41, 5.74) is 6.72. The van der Waals surface area contributed by atoms with Gasteiger partial charge in [-0.25, -0.2) is 4.98 Å². The molecule has 1 aromatic heterocycles. The zero-order chi connectivity index (χ0) is 20.3. The van der Waals surface area contributed by atoms with Crippen molar-refractivity contribution in [1.82, 2.24) is 14.8 Å². The molecular formula is C20H24Cl2N4O2. The van der Waals surface area contributed by atoms with Crippen LogP contribution in [0.5, 0.6) is 11.5 Å². The number of amides is 1. The SMILES string of the molecule is CC(C)N1CCN(C(=O)c2ccc(Oc3ccc(Cl)c(Cl)c3)c(CN)n2)CC1. The van der Waals surface area contributed by atoms with E-state index in [0.717, 1.165) is 13.1 Å². The van der Waals surface area contributed by atoms with Crippen LogP contribution in [0, 0.1) is 0 Å². The highest BCUT2D eigenvalue weighted by Crippen LogP contribution is 2.30. The maximum Gasteiger partial charge on any atom is 0.272 e. The number of carbonyl (C=O) groups excluding carboxylic acids is 1. The highest BCUT2D eigenvalue weighted by molar-refractivity contribution is 6.42. The number of ether oxygens (including phenoxy) is 1. The topological polar surface area (TPSA) is 71.7 Å². The van der Waals surface area contributed by atoms with Crippen molar-refractivity contribution in [3.63, 3.8) is 0 Å². The van der Waals surface area contributed by atoms with Gasteiger partial charge in [0.15, 0.2) is 0 Å². The van der Waals surface area contributed by atoms with E-state index in [2.05, 4.69) is 23.7 Å². The number of nitrogens with two attached hydrogens (primary N) is 1. The van der Waals surface area contributed by atoms with E-state index < -0.39 is 0 Å². The Morgan fingerprint density at radius 2 is 1.86 bits per heavy atom. The Hall–Kier alpha value is -1.86. The second-order valence-electron chi connectivity index (χ2n) is 6.95. The summed E-state index contributed by atoms with van der Waals surface area (Å²) < 4.78 is 5.84. The zero-order valence-corrected chi connectivity index (χ0v) is 17.5. The van der Waals surface area contributed by atoms with Crippen LogP contribution in [0.4, 0.5) is 0 Å². The molecule has 0 spiro atoms. The Kier molecular flexibility index (Phi) is 6.78. The summed E-state index contributed by atoms with van der Waals surface area (Å²) >= 11 is 12.0. The molecular weight excluding hydrogens is 399 g/mol. The third kappa shape index (κ3) is 4.75. The summed E-state index contributed by atoms with van der Waals surface area (Å²) in [5.74, 6) is 0.927. The van der Waals surface area contributed by atoms with Crippen LogP contribution in [0.3, 0.4) is 0 Å². The van der Waals surface area contributed by atoms with Crippen LogP contribution < -0.4 is 10.5 Å². The molecule has 1 aromatic carbocycles. The summed E-state index contributed by atoms with van der Waals surface area (Å²) in [6.07, 6.45) is 0. The number of piperazine rings is 1. The van der Waals surface area contributed by atoms with Gasteiger partial charge in [0.05, 0.1) is 15.7 Å². The fourth-order valence-corrected chi connectivity index (χ4v) is 3.41. The number of benzene rings is 1. The van der Waals surface area contributed by atoms with Gasteiger partial charge in [-0.2, -0.15) is 0 Å². The predicted molar refractivity (Wildman–Crippen MR) is 111 cm³/mol. The molecule has 150 valence electrons. The number of carbonyl (C=O) groups is 1. The highest BCUT2D eigenvalue weighted by atomic mass is 35.5. The quantitative estimate of drug-likeness (QED) is 0.792. The number of hydrogen-bond acceptors (Lipinski definition) is 5. The van der Waals surface area contributed by atoms with E-state index in [1.54, 1.807) is 30.3 Å². The van der Waals surface area contributed by atoms with Crippen molar-refractivity contribution in [2.24, 2.45) is 5.73 Å². The zero-order valence-electron chi connectivity index (χ0n) is 16.0. The van der Waals surface area contributed by atoms with Gasteiger partial charge in [-0.05, 0) is 38.1 Å². The van der Waals surface area contributed by atoms with Gasteiger partial charge in [-0.3, -0.25) is 9.69 Å². The first-order valence-corrected chi connectivity index (χ1v) is 10.0. The minimum atomic E-state index is -0.0841. The third-order valence-corrected chi connectivity index (χ3v) is 5.53. The Morgan fingerprint density at radius 1 is 1.14 bits per heavy atom. The highest BCUT2D eigenvalue weighted by Gasteiger charge is 2.24. The summed E-state index contributed by atoms with van der Waals surface area (Å²) in [5, 5.41) is 0.846. The van der Waals surface area contributed by atoms with Crippen molar-refractivity contribution in [2.45, 2.75) is 26.4 Å². The second-order valence-corrected chi connectivity index (χ2v) is 7.76. The van der Waals surface area contributed by atoms with Gasteiger partial charge in [-0.1, -0.05) is 23.2 Å². The standard InChI is InChI=1S/C20H24Cl2N4O2/c1-13(2)25-7-9-26(10-8-25)20(27)17-5-6-19(18(12-23)24-17)28-14-3-4-15(21)16(22)11-14/h3-6,11,13H,7-10,12,23H2,1-2H3. The molecule has 0 radical (unpaired) electrons. The van der Waals surface area contributed by atoms with Crippen LogP contribution in [0.2, 0.25) is 10.0 Å². The van der Waals surface area contributed by atoms with Gasteiger partial charge in [0.1, 0.15) is 17.2 Å². The molecule has 0 atom stereocenters. The van der Waals surface area contributed by atoms with E-state index in [-0.39, 0.29) is 12.5 Å². The van der Waals surface area contributed by atoms with Crippen molar-refractivity contribution in [2.75, 3.05) is 26.2 Å². The monoisotopic (exact) mass is 422 g/mol. The smallest absolute Gasteiger partial charge is 0.272 e. The summed E-state index contributed by atoms with van der Waals surface area (Å²) in [4.78, 5) is 21.5. The molecule has 0 unspecified atom stereocenters. The molecule has 8 heteroatoms. The van der Waals surface area contributed by atoms with E-state index in [0.29, 0.717) is 52.1 Å². The van der Waals surface area contributed by atoms with Crippen molar-refractivity contribution >= 4 is 29.1 Å². The number of aromatic nitrogens is 1. The molecule has 1 fully saturated rings. The first kappa shape index (κ1) is 20.9. The van der Waals surface area contributed by atoms with Crippen LogP contribution in [-0.2, 0) is 6.54 Å². The maximum absolute atomic E-state index is 12.8. The van der Waals surface area contributed by atoms with Gasteiger partial charge < -0.3 is 15.4 Å². The fourth-order valence-electron chi connectivity index (χ4n) is 3.12. The van der Waals surface area contributed by atoms with E-state index in [1.165, 1.54) is 0 Å². The molecule has 2 heterocycles. The van der Waals surface area contributed by atoms with E-state index in [4.69, 9.17) is 33.7 Å². The van der Waals surface area contributed by atoms with Crippen molar-refractivity contribution in [3.05, 3.63) is 51.8 Å². The molecule has 0 bridgehead atoms. The van der Waals surface area contributed by atoms with Crippen molar-refractivity contribution in [3.8, 4) is 11.5 Å². The molecule has 2 N–H and O–H groups in total. The average Bonchev–Trinajstić information content (AvgIpc) is 2.70. The van der Waals surface area contributed by atoms with Crippen LogP contribution >= 0.6 is 23.2 Å². The Balaban J connectivity index is 1.73. The second kappa shape index (κ2) is 9.09. The largest absolute Gasteiger partial charge is 0.455 e. The number of pyridine rings is 1. The Bertz CT molecular complexity index is 852. The third-order valence-electron chi connectivity index (χ3n) is 4.80. The maximum atomic E-state index is 12.8. The van der Waals surface area contributed by atoms with Gasteiger partial charge >= 0.3 is 0 Å². The fraction of sp³-hybridized carbons (Fsp3) is 0.400. The Labute approximate surface area is 175 Å². The van der Waals surface area contributed by atoms with Crippen LogP contribution in [-0.4, -0.2) is 52.9 Å². The average molecular weight is 423 g/mol. The van der Waals surface area contributed by atoms with Crippen LogP contribution in [0.15, 0.2) is 30.3 Å². The van der Waals surface area contributed by atoms with Crippen LogP contribution in [0.1, 0.15) is 30.0 Å². The lowest BCUT2D eigenvalue weighted by atomic mass is 10.2. The Morgan fingerprint density at radius 3 is 2.46 bits per heavy atom. The van der Waals surface area contributed by atoms with E-state index in [9.17, 15) is 4.79 Å². The van der Waals surface area contributed by atoms with E-state index >= 15 is 0 Å². The lowest BCUT2D eigenvalue weighted by Gasteiger charge is -2.36.